The molecule has 2 heterocycles. The summed E-state index contributed by atoms with van der Waals surface area (Å²) < 4.78 is 28.5. The minimum absolute atomic E-state index is 0.213. The number of aryl methyl sites for hydroxylation is 1. The topological polar surface area (TPSA) is 79.4 Å². The Bertz CT molecular complexity index is 1110. The third-order valence-electron chi connectivity index (χ3n) is 4.96. The zero-order chi connectivity index (χ0) is 19.7. The number of hydrogen-bond acceptors (Lipinski definition) is 5. The van der Waals surface area contributed by atoms with Crippen LogP contribution in [0.1, 0.15) is 24.8 Å². The SMILES string of the molecule is Cc1cccc2sc(NC(=O)[C@@H]3CCCCN3S(=O)(=O)c3ccccc3)nc12. The summed E-state index contributed by atoms with van der Waals surface area (Å²) in [6, 6.07) is 13.4. The third kappa shape index (κ3) is 3.55. The number of hydrogen-bond donors (Lipinski definition) is 1. The summed E-state index contributed by atoms with van der Waals surface area (Å²) in [7, 11) is -3.72. The largest absolute Gasteiger partial charge is 0.301 e. The zero-order valence-corrected chi connectivity index (χ0v) is 17.1. The molecule has 0 radical (unpaired) electrons. The highest BCUT2D eigenvalue weighted by Crippen LogP contribution is 2.30. The highest BCUT2D eigenvalue weighted by atomic mass is 32.2. The molecule has 0 bridgehead atoms. The molecule has 1 saturated heterocycles. The number of thiazole rings is 1. The smallest absolute Gasteiger partial charge is 0.244 e. The number of para-hydroxylation sites is 1. The van der Waals surface area contributed by atoms with Crippen molar-refractivity contribution >= 4 is 42.6 Å². The van der Waals surface area contributed by atoms with Crippen LogP contribution in [0, 0.1) is 6.92 Å². The van der Waals surface area contributed by atoms with E-state index in [-0.39, 0.29) is 10.8 Å². The molecule has 1 aromatic heterocycles. The van der Waals surface area contributed by atoms with Gasteiger partial charge in [-0.25, -0.2) is 13.4 Å². The van der Waals surface area contributed by atoms with Crippen LogP contribution in [0.25, 0.3) is 10.2 Å². The lowest BCUT2D eigenvalue weighted by Gasteiger charge is -2.33. The van der Waals surface area contributed by atoms with Gasteiger partial charge in [0.05, 0.1) is 15.1 Å². The predicted octanol–water partition coefficient (Wildman–Crippen LogP) is 3.79. The number of fused-ring (bicyclic) bond motifs is 1. The minimum atomic E-state index is -3.72. The molecular formula is C20H21N3O3S2. The van der Waals surface area contributed by atoms with Crippen LogP contribution in [-0.2, 0) is 14.8 Å². The first kappa shape index (κ1) is 19.0. The van der Waals surface area contributed by atoms with Crippen LogP contribution in [0.15, 0.2) is 53.4 Å². The number of sulfonamides is 1. The van der Waals surface area contributed by atoms with Gasteiger partial charge in [0.1, 0.15) is 6.04 Å². The quantitative estimate of drug-likeness (QED) is 0.703. The Morgan fingerprint density at radius 1 is 1.14 bits per heavy atom. The number of benzene rings is 2. The number of piperidine rings is 1. The number of carbonyl (C=O) groups is 1. The first-order chi connectivity index (χ1) is 13.5. The maximum absolute atomic E-state index is 13.1. The fourth-order valence-electron chi connectivity index (χ4n) is 3.51. The summed E-state index contributed by atoms with van der Waals surface area (Å²) in [5.41, 5.74) is 1.90. The lowest BCUT2D eigenvalue weighted by Crippen LogP contribution is -2.49. The Morgan fingerprint density at radius 2 is 1.93 bits per heavy atom. The van der Waals surface area contributed by atoms with E-state index in [4.69, 9.17) is 0 Å². The first-order valence-electron chi connectivity index (χ1n) is 9.21. The van der Waals surface area contributed by atoms with Crippen molar-refractivity contribution in [1.29, 1.82) is 0 Å². The summed E-state index contributed by atoms with van der Waals surface area (Å²) in [5, 5.41) is 3.34. The van der Waals surface area contributed by atoms with Crippen LogP contribution in [0.5, 0.6) is 0 Å². The van der Waals surface area contributed by atoms with Gasteiger partial charge in [-0.15, -0.1) is 0 Å². The third-order valence-corrected chi connectivity index (χ3v) is 7.82. The van der Waals surface area contributed by atoms with E-state index >= 15 is 0 Å². The fraction of sp³-hybridized carbons (Fsp3) is 0.300. The van der Waals surface area contributed by atoms with E-state index in [2.05, 4.69) is 10.3 Å². The van der Waals surface area contributed by atoms with Gasteiger partial charge in [0.15, 0.2) is 5.13 Å². The lowest BCUT2D eigenvalue weighted by molar-refractivity contribution is -0.120. The lowest BCUT2D eigenvalue weighted by atomic mass is 10.0. The molecule has 1 amide bonds. The zero-order valence-electron chi connectivity index (χ0n) is 15.5. The van der Waals surface area contributed by atoms with E-state index in [1.807, 2.05) is 25.1 Å². The van der Waals surface area contributed by atoms with Crippen molar-refractivity contribution in [3.05, 3.63) is 54.1 Å². The second-order valence-corrected chi connectivity index (χ2v) is 9.79. The summed E-state index contributed by atoms with van der Waals surface area (Å²) in [6.45, 7) is 2.32. The van der Waals surface area contributed by atoms with E-state index in [1.54, 1.807) is 30.3 Å². The highest BCUT2D eigenvalue weighted by Gasteiger charge is 2.37. The van der Waals surface area contributed by atoms with E-state index in [9.17, 15) is 13.2 Å². The first-order valence-corrected chi connectivity index (χ1v) is 11.5. The molecule has 6 nitrogen and oxygen atoms in total. The summed E-state index contributed by atoms with van der Waals surface area (Å²) in [4.78, 5) is 17.7. The van der Waals surface area contributed by atoms with Crippen LogP contribution < -0.4 is 5.32 Å². The van der Waals surface area contributed by atoms with Crippen molar-refractivity contribution in [2.24, 2.45) is 0 Å². The van der Waals surface area contributed by atoms with E-state index < -0.39 is 16.1 Å². The van der Waals surface area contributed by atoms with Gasteiger partial charge >= 0.3 is 0 Å². The minimum Gasteiger partial charge on any atom is -0.301 e. The molecule has 0 unspecified atom stereocenters. The Hall–Kier alpha value is -2.29. The second-order valence-electron chi connectivity index (χ2n) is 6.87. The molecule has 1 aliphatic heterocycles. The van der Waals surface area contributed by atoms with Crippen LogP contribution in [0.4, 0.5) is 5.13 Å². The van der Waals surface area contributed by atoms with E-state index in [1.165, 1.54) is 15.6 Å². The molecule has 28 heavy (non-hydrogen) atoms. The summed E-state index contributed by atoms with van der Waals surface area (Å²) in [6.07, 6.45) is 2.07. The number of amides is 1. The Morgan fingerprint density at radius 3 is 2.68 bits per heavy atom. The number of carbonyl (C=O) groups excluding carboxylic acids is 1. The molecule has 146 valence electrons. The van der Waals surface area contributed by atoms with Gasteiger partial charge < -0.3 is 5.32 Å². The van der Waals surface area contributed by atoms with Crippen molar-refractivity contribution in [3.63, 3.8) is 0 Å². The number of nitrogens with zero attached hydrogens (tertiary/aromatic N) is 2. The normalized spacial score (nSPS) is 18.2. The monoisotopic (exact) mass is 415 g/mol. The van der Waals surface area contributed by atoms with Crippen LogP contribution >= 0.6 is 11.3 Å². The number of rotatable bonds is 4. The van der Waals surface area contributed by atoms with Gasteiger partial charge in [0, 0.05) is 6.54 Å². The molecule has 0 saturated carbocycles. The van der Waals surface area contributed by atoms with Gasteiger partial charge in [-0.1, -0.05) is 48.1 Å². The highest BCUT2D eigenvalue weighted by molar-refractivity contribution is 7.89. The number of nitrogens with one attached hydrogen (secondary N) is 1. The van der Waals surface area contributed by atoms with Gasteiger partial charge in [-0.3, -0.25) is 4.79 Å². The fourth-order valence-corrected chi connectivity index (χ4v) is 6.14. The molecule has 1 fully saturated rings. The Labute approximate surface area is 168 Å². The Balaban J connectivity index is 1.60. The summed E-state index contributed by atoms with van der Waals surface area (Å²) in [5.74, 6) is -0.323. The molecule has 1 atom stereocenters. The summed E-state index contributed by atoms with van der Waals surface area (Å²) >= 11 is 1.40. The molecule has 0 spiro atoms. The van der Waals surface area contributed by atoms with E-state index in [0.717, 1.165) is 28.6 Å². The average Bonchev–Trinajstić information content (AvgIpc) is 3.12. The Kier molecular flexibility index (Phi) is 5.18. The molecule has 1 aliphatic rings. The average molecular weight is 416 g/mol. The van der Waals surface area contributed by atoms with Crippen LogP contribution in [0.2, 0.25) is 0 Å². The van der Waals surface area contributed by atoms with Gasteiger partial charge in [0.25, 0.3) is 0 Å². The molecule has 1 N–H and O–H groups in total. The van der Waals surface area contributed by atoms with Gasteiger partial charge in [-0.2, -0.15) is 4.31 Å². The molecular weight excluding hydrogens is 394 g/mol. The van der Waals surface area contributed by atoms with Gasteiger partial charge in [-0.05, 0) is 43.5 Å². The number of aromatic nitrogens is 1. The van der Waals surface area contributed by atoms with Crippen LogP contribution in [-0.4, -0.2) is 36.2 Å². The molecule has 8 heteroatoms. The molecule has 0 aliphatic carbocycles. The maximum atomic E-state index is 13.1. The van der Waals surface area contributed by atoms with Crippen molar-refractivity contribution in [2.45, 2.75) is 37.1 Å². The van der Waals surface area contributed by atoms with Gasteiger partial charge in [0.2, 0.25) is 15.9 Å². The number of anilines is 1. The molecule has 3 aromatic rings. The van der Waals surface area contributed by atoms with Crippen LogP contribution in [0.3, 0.4) is 0 Å². The van der Waals surface area contributed by atoms with Crippen molar-refractivity contribution < 1.29 is 13.2 Å². The van der Waals surface area contributed by atoms with Crippen molar-refractivity contribution in [3.8, 4) is 0 Å². The molecule has 2 aromatic carbocycles. The second kappa shape index (κ2) is 7.62. The van der Waals surface area contributed by atoms with Crippen molar-refractivity contribution in [1.82, 2.24) is 9.29 Å². The van der Waals surface area contributed by atoms with Crippen molar-refractivity contribution in [2.75, 3.05) is 11.9 Å². The van der Waals surface area contributed by atoms with E-state index in [0.29, 0.717) is 18.1 Å². The standard InChI is InChI=1S/C20H21N3O3S2/c1-14-8-7-12-17-18(14)21-20(27-17)22-19(24)16-11-5-6-13-23(16)28(25,26)15-9-3-2-4-10-15/h2-4,7-10,12,16H,5-6,11,13H2,1H3,(H,21,22,24)/t16-/m0/s1. The predicted molar refractivity (Wildman–Crippen MR) is 111 cm³/mol. The maximum Gasteiger partial charge on any atom is 0.244 e. The molecule has 4 rings (SSSR count).